The molecule has 168 valence electrons. The van der Waals surface area contributed by atoms with Crippen molar-refractivity contribution in [2.24, 2.45) is 0 Å². The number of H-pyrrole nitrogens is 1. The Morgan fingerprint density at radius 3 is 2.82 bits per heavy atom. The smallest absolute Gasteiger partial charge is 0.289 e. The number of amides is 2. The Morgan fingerprint density at radius 2 is 1.97 bits per heavy atom. The second-order valence-electron chi connectivity index (χ2n) is 8.76. The number of carbonyl (C=O) groups excluding carboxylic acids is 2. The number of nitrogens with one attached hydrogen (secondary N) is 1. The first-order chi connectivity index (χ1) is 16.0. The number of rotatable bonds is 5. The largest absolute Gasteiger partial charge is 0.451 e. The van der Waals surface area contributed by atoms with Crippen molar-refractivity contribution in [2.45, 2.75) is 19.3 Å². The molecule has 0 fully saturated rings. The first kappa shape index (κ1) is 21.1. The second kappa shape index (κ2) is 8.62. The highest BCUT2D eigenvalue weighted by molar-refractivity contribution is 5.96. The van der Waals surface area contributed by atoms with Crippen LogP contribution in [0.15, 0.2) is 65.2 Å². The fraction of sp³-hybridized carbons (Fsp3) is 0.259. The predicted octanol–water partition coefficient (Wildman–Crippen LogP) is 4.86. The van der Waals surface area contributed by atoms with Gasteiger partial charge in [0, 0.05) is 56.1 Å². The summed E-state index contributed by atoms with van der Waals surface area (Å²) in [6, 6.07) is 15.9. The maximum absolute atomic E-state index is 13.0. The molecule has 0 atom stereocenters. The van der Waals surface area contributed by atoms with E-state index in [0.717, 1.165) is 41.4 Å². The lowest BCUT2D eigenvalue weighted by molar-refractivity contribution is -0.130. The van der Waals surface area contributed by atoms with Crippen LogP contribution in [0.1, 0.15) is 34.5 Å². The summed E-state index contributed by atoms with van der Waals surface area (Å²) in [6.45, 7) is 1.34. The molecule has 33 heavy (non-hydrogen) atoms. The van der Waals surface area contributed by atoms with E-state index in [-0.39, 0.29) is 11.8 Å². The number of nitrogens with zero attached hydrogens (tertiary/aromatic N) is 2. The Morgan fingerprint density at radius 1 is 1.12 bits per heavy atom. The number of aromatic amines is 1. The summed E-state index contributed by atoms with van der Waals surface area (Å²) in [6.07, 6.45) is 6.27. The monoisotopic (exact) mass is 441 g/mol. The van der Waals surface area contributed by atoms with E-state index in [4.69, 9.17) is 4.42 Å². The molecule has 0 aliphatic carbocycles. The van der Waals surface area contributed by atoms with Crippen LogP contribution in [0.2, 0.25) is 0 Å². The minimum Gasteiger partial charge on any atom is -0.451 e. The number of hydrogen-bond donors (Lipinski definition) is 1. The normalized spacial score (nSPS) is 14.0. The number of benzene rings is 2. The van der Waals surface area contributed by atoms with Crippen molar-refractivity contribution in [1.82, 2.24) is 14.8 Å². The van der Waals surface area contributed by atoms with Crippen LogP contribution in [-0.4, -0.2) is 53.8 Å². The van der Waals surface area contributed by atoms with E-state index in [1.165, 1.54) is 15.8 Å². The topological polar surface area (TPSA) is 69.6 Å². The Hall–Kier alpha value is -3.80. The van der Waals surface area contributed by atoms with Gasteiger partial charge < -0.3 is 19.2 Å². The molecular formula is C27H27N3O3. The fourth-order valence-electron chi connectivity index (χ4n) is 4.47. The average Bonchev–Trinajstić information content (AvgIpc) is 3.45. The molecular weight excluding hydrogens is 414 g/mol. The summed E-state index contributed by atoms with van der Waals surface area (Å²) in [4.78, 5) is 31.9. The summed E-state index contributed by atoms with van der Waals surface area (Å²) < 4.78 is 5.71. The van der Waals surface area contributed by atoms with Crippen LogP contribution in [0.4, 0.5) is 0 Å². The lowest BCUT2D eigenvalue weighted by Crippen LogP contribution is -2.35. The van der Waals surface area contributed by atoms with Crippen LogP contribution in [0.5, 0.6) is 0 Å². The number of carbonyl (C=O) groups is 2. The third kappa shape index (κ3) is 4.16. The average molecular weight is 442 g/mol. The molecule has 2 aromatic carbocycles. The Balaban J connectivity index is 1.28. The van der Waals surface area contributed by atoms with Gasteiger partial charge in [-0.3, -0.25) is 9.59 Å². The van der Waals surface area contributed by atoms with Crippen molar-refractivity contribution >= 4 is 39.3 Å². The van der Waals surface area contributed by atoms with Gasteiger partial charge in [-0.25, -0.2) is 0 Å². The molecule has 0 saturated heterocycles. The van der Waals surface area contributed by atoms with Crippen LogP contribution in [0.25, 0.3) is 27.4 Å². The fourth-order valence-corrected chi connectivity index (χ4v) is 4.47. The third-order valence-corrected chi connectivity index (χ3v) is 6.29. The van der Waals surface area contributed by atoms with Crippen molar-refractivity contribution in [2.75, 3.05) is 27.2 Å². The molecule has 0 bridgehead atoms. The van der Waals surface area contributed by atoms with Crippen molar-refractivity contribution < 1.29 is 14.0 Å². The van der Waals surface area contributed by atoms with E-state index in [1.807, 2.05) is 41.4 Å². The van der Waals surface area contributed by atoms with Gasteiger partial charge in [0.1, 0.15) is 5.58 Å². The van der Waals surface area contributed by atoms with E-state index in [9.17, 15) is 9.59 Å². The lowest BCUT2D eigenvalue weighted by atomic mass is 9.99. The molecule has 2 amide bonds. The van der Waals surface area contributed by atoms with E-state index >= 15 is 0 Å². The highest BCUT2D eigenvalue weighted by Gasteiger charge is 2.20. The molecule has 1 aliphatic heterocycles. The molecule has 1 N–H and O–H groups in total. The highest BCUT2D eigenvalue weighted by Crippen LogP contribution is 2.28. The van der Waals surface area contributed by atoms with Gasteiger partial charge in [0.15, 0.2) is 5.76 Å². The molecule has 6 heteroatoms. The Labute approximate surface area is 192 Å². The predicted molar refractivity (Wildman–Crippen MR) is 130 cm³/mol. The van der Waals surface area contributed by atoms with Crippen molar-refractivity contribution in [3.05, 3.63) is 77.7 Å². The highest BCUT2D eigenvalue weighted by atomic mass is 16.3. The van der Waals surface area contributed by atoms with Gasteiger partial charge in [-0.15, -0.1) is 0 Å². The summed E-state index contributed by atoms with van der Waals surface area (Å²) >= 11 is 0. The van der Waals surface area contributed by atoms with E-state index in [1.54, 1.807) is 20.2 Å². The van der Waals surface area contributed by atoms with Crippen LogP contribution >= 0.6 is 0 Å². The zero-order chi connectivity index (χ0) is 22.9. The standard InChI is InChI=1S/C27H27N3O3/c1-29(2)27(32)25-15-21-14-18(9-11-24(21)33-25)20-6-5-13-30(17-20)26(31)12-10-19-16-28-23-8-4-3-7-22(19)23/h3-4,6-9,11,14-16,28H,5,10,12-13,17H2,1-2H3. The zero-order valence-electron chi connectivity index (χ0n) is 18.9. The summed E-state index contributed by atoms with van der Waals surface area (Å²) in [5.41, 5.74) is 5.16. The van der Waals surface area contributed by atoms with Crippen LogP contribution in [0.3, 0.4) is 0 Å². The molecule has 5 rings (SSSR count). The van der Waals surface area contributed by atoms with Crippen molar-refractivity contribution in [3.8, 4) is 0 Å². The van der Waals surface area contributed by atoms with Gasteiger partial charge in [-0.1, -0.05) is 30.3 Å². The molecule has 0 saturated carbocycles. The van der Waals surface area contributed by atoms with Gasteiger partial charge in [0.25, 0.3) is 5.91 Å². The first-order valence-corrected chi connectivity index (χ1v) is 11.3. The van der Waals surface area contributed by atoms with Gasteiger partial charge in [0.05, 0.1) is 0 Å². The maximum Gasteiger partial charge on any atom is 0.289 e. The van der Waals surface area contributed by atoms with E-state index in [2.05, 4.69) is 23.2 Å². The second-order valence-corrected chi connectivity index (χ2v) is 8.76. The number of aromatic nitrogens is 1. The molecule has 2 aromatic heterocycles. The molecule has 4 aromatic rings. The van der Waals surface area contributed by atoms with Gasteiger partial charge >= 0.3 is 0 Å². The molecule has 0 radical (unpaired) electrons. The molecule has 1 aliphatic rings. The van der Waals surface area contributed by atoms with Crippen molar-refractivity contribution in [1.29, 1.82) is 0 Å². The summed E-state index contributed by atoms with van der Waals surface area (Å²) in [7, 11) is 3.41. The Bertz CT molecular complexity index is 1380. The van der Waals surface area contributed by atoms with Gasteiger partial charge in [-0.05, 0) is 53.8 Å². The number of para-hydroxylation sites is 1. The number of hydrogen-bond acceptors (Lipinski definition) is 3. The number of aryl methyl sites for hydroxylation is 1. The maximum atomic E-state index is 13.0. The van der Waals surface area contributed by atoms with E-state index in [0.29, 0.717) is 24.3 Å². The minimum atomic E-state index is -0.156. The minimum absolute atomic E-state index is 0.156. The zero-order valence-corrected chi connectivity index (χ0v) is 18.9. The molecule has 6 nitrogen and oxygen atoms in total. The van der Waals surface area contributed by atoms with E-state index < -0.39 is 0 Å². The van der Waals surface area contributed by atoms with Crippen LogP contribution in [-0.2, 0) is 11.2 Å². The van der Waals surface area contributed by atoms with Crippen LogP contribution in [0, 0.1) is 0 Å². The first-order valence-electron chi connectivity index (χ1n) is 11.3. The van der Waals surface area contributed by atoms with Crippen molar-refractivity contribution in [3.63, 3.8) is 0 Å². The van der Waals surface area contributed by atoms with Crippen LogP contribution < -0.4 is 0 Å². The quantitative estimate of drug-likeness (QED) is 0.481. The molecule has 3 heterocycles. The van der Waals surface area contributed by atoms with Gasteiger partial charge in [0.2, 0.25) is 5.91 Å². The third-order valence-electron chi connectivity index (χ3n) is 6.29. The summed E-state index contributed by atoms with van der Waals surface area (Å²) in [5.74, 6) is 0.351. The SMILES string of the molecule is CN(C)C(=O)c1cc2cc(C3=CCCN(C(=O)CCc4c[nH]c5ccccc45)C3)ccc2o1. The molecule has 0 unspecified atom stereocenters. The van der Waals surface area contributed by atoms with Gasteiger partial charge in [-0.2, -0.15) is 0 Å². The number of fused-ring (bicyclic) bond motifs is 2. The lowest BCUT2D eigenvalue weighted by Gasteiger charge is -2.28. The number of furan rings is 1. The summed E-state index contributed by atoms with van der Waals surface area (Å²) in [5, 5.41) is 2.08. The Kier molecular flexibility index (Phi) is 5.50. The molecule has 0 spiro atoms.